The van der Waals surface area contributed by atoms with E-state index in [0.29, 0.717) is 18.9 Å². The summed E-state index contributed by atoms with van der Waals surface area (Å²) in [5.74, 6) is 1.56. The fourth-order valence-electron chi connectivity index (χ4n) is 2.99. The van der Waals surface area contributed by atoms with Crippen LogP contribution in [0.2, 0.25) is 0 Å². The van der Waals surface area contributed by atoms with Crippen molar-refractivity contribution in [1.82, 2.24) is 25.0 Å². The molecule has 1 saturated heterocycles. The summed E-state index contributed by atoms with van der Waals surface area (Å²) in [6.45, 7) is 4.40. The van der Waals surface area contributed by atoms with E-state index in [9.17, 15) is 4.79 Å². The van der Waals surface area contributed by atoms with Gasteiger partial charge in [0.05, 0.1) is 25.0 Å². The maximum absolute atomic E-state index is 12.1. The summed E-state index contributed by atoms with van der Waals surface area (Å²) in [5, 5.41) is 7.70. The number of hydrogen-bond acceptors (Lipinski definition) is 5. The van der Waals surface area contributed by atoms with Crippen molar-refractivity contribution in [2.45, 2.75) is 38.9 Å². The number of nitrogens with one attached hydrogen (secondary N) is 1. The average Bonchev–Trinajstić information content (AvgIpc) is 3.11. The second-order valence-electron chi connectivity index (χ2n) is 5.81. The molecule has 118 valence electrons. The highest BCUT2D eigenvalue weighted by Crippen LogP contribution is 2.33. The number of rotatable bonds is 4. The second-order valence-corrected chi connectivity index (χ2v) is 5.81. The van der Waals surface area contributed by atoms with E-state index in [1.165, 1.54) is 0 Å². The predicted molar refractivity (Wildman–Crippen MR) is 79.9 cm³/mol. The van der Waals surface area contributed by atoms with Crippen LogP contribution in [0.3, 0.4) is 0 Å². The minimum absolute atomic E-state index is 0.0164. The molecule has 2 aromatic heterocycles. The lowest BCUT2D eigenvalue weighted by Gasteiger charge is -2.25. The Balaban J connectivity index is 1.79. The third-order valence-corrected chi connectivity index (χ3v) is 4.36. The molecule has 3 rings (SSSR count). The molecule has 1 N–H and O–H groups in total. The van der Waals surface area contributed by atoms with Crippen molar-refractivity contribution >= 4 is 5.91 Å². The van der Waals surface area contributed by atoms with E-state index in [0.717, 1.165) is 17.0 Å². The first-order chi connectivity index (χ1) is 10.5. The molecule has 1 aliphatic heterocycles. The Labute approximate surface area is 129 Å². The van der Waals surface area contributed by atoms with Gasteiger partial charge >= 0.3 is 0 Å². The van der Waals surface area contributed by atoms with Gasteiger partial charge in [0.1, 0.15) is 5.76 Å². The molecule has 7 heteroatoms. The van der Waals surface area contributed by atoms with E-state index in [2.05, 4.69) is 15.4 Å². The zero-order valence-electron chi connectivity index (χ0n) is 13.3. The molecule has 0 radical (unpaired) electrons. The summed E-state index contributed by atoms with van der Waals surface area (Å²) in [5.41, 5.74) is 2.15. The summed E-state index contributed by atoms with van der Waals surface area (Å²) in [6, 6.07) is 0.00450. The molecule has 2 aromatic rings. The standard InChI is InChI=1S/C15H21N5O2/c1-9-6-17-13(22-9)8-16-12-5-14(21)19(3)15(12)11-7-18-20(4)10(11)2/h6-7,12,15-16H,5,8H2,1-4H3/t12-,15+/m1/s1. The molecular formula is C15H21N5O2. The number of carbonyl (C=O) groups is 1. The average molecular weight is 303 g/mol. The van der Waals surface area contributed by atoms with Crippen molar-refractivity contribution in [2.75, 3.05) is 7.05 Å². The summed E-state index contributed by atoms with van der Waals surface area (Å²) in [6.07, 6.45) is 4.01. The summed E-state index contributed by atoms with van der Waals surface area (Å²) in [7, 11) is 3.75. The third-order valence-electron chi connectivity index (χ3n) is 4.36. The van der Waals surface area contributed by atoms with Gasteiger partial charge in [-0.2, -0.15) is 5.10 Å². The van der Waals surface area contributed by atoms with Crippen LogP contribution >= 0.6 is 0 Å². The van der Waals surface area contributed by atoms with Crippen molar-refractivity contribution in [1.29, 1.82) is 0 Å². The van der Waals surface area contributed by atoms with E-state index in [1.54, 1.807) is 11.1 Å². The maximum Gasteiger partial charge on any atom is 0.224 e. The molecule has 0 spiro atoms. The maximum atomic E-state index is 12.1. The van der Waals surface area contributed by atoms with Crippen LogP contribution in [0.4, 0.5) is 0 Å². The van der Waals surface area contributed by atoms with Crippen LogP contribution in [-0.2, 0) is 18.4 Å². The number of aryl methyl sites for hydroxylation is 2. The Morgan fingerprint density at radius 2 is 2.14 bits per heavy atom. The zero-order chi connectivity index (χ0) is 15.9. The van der Waals surface area contributed by atoms with Crippen molar-refractivity contribution < 1.29 is 9.21 Å². The predicted octanol–water partition coefficient (Wildman–Crippen LogP) is 1.09. The lowest BCUT2D eigenvalue weighted by molar-refractivity contribution is -0.127. The fourth-order valence-corrected chi connectivity index (χ4v) is 2.99. The Kier molecular flexibility index (Phi) is 3.74. The third kappa shape index (κ3) is 2.52. The molecule has 0 bridgehead atoms. The smallest absolute Gasteiger partial charge is 0.224 e. The Morgan fingerprint density at radius 3 is 2.73 bits per heavy atom. The van der Waals surface area contributed by atoms with E-state index < -0.39 is 0 Å². The molecule has 3 heterocycles. The Hall–Kier alpha value is -2.15. The highest BCUT2D eigenvalue weighted by Gasteiger charge is 2.39. The molecular weight excluding hydrogens is 282 g/mol. The summed E-state index contributed by atoms with van der Waals surface area (Å²) < 4.78 is 7.31. The Morgan fingerprint density at radius 1 is 1.36 bits per heavy atom. The van der Waals surface area contributed by atoms with E-state index >= 15 is 0 Å². The molecule has 1 aliphatic rings. The van der Waals surface area contributed by atoms with Gasteiger partial charge in [0.2, 0.25) is 11.8 Å². The van der Waals surface area contributed by atoms with Gasteiger partial charge in [-0.3, -0.25) is 9.48 Å². The molecule has 1 fully saturated rings. The minimum Gasteiger partial charge on any atom is -0.445 e. The van der Waals surface area contributed by atoms with Crippen LogP contribution in [-0.4, -0.2) is 38.7 Å². The largest absolute Gasteiger partial charge is 0.445 e. The van der Waals surface area contributed by atoms with Gasteiger partial charge in [-0.05, 0) is 13.8 Å². The minimum atomic E-state index is -0.0164. The molecule has 1 amide bonds. The van der Waals surface area contributed by atoms with E-state index in [-0.39, 0.29) is 18.0 Å². The van der Waals surface area contributed by atoms with Gasteiger partial charge in [-0.1, -0.05) is 0 Å². The van der Waals surface area contributed by atoms with Gasteiger partial charge in [-0.15, -0.1) is 0 Å². The number of likely N-dealkylation sites (tertiary alicyclic amines) is 1. The Bertz CT molecular complexity index is 690. The van der Waals surface area contributed by atoms with Gasteiger partial charge in [0.15, 0.2) is 0 Å². The van der Waals surface area contributed by atoms with E-state index in [1.807, 2.05) is 38.8 Å². The number of nitrogens with zero attached hydrogens (tertiary/aromatic N) is 4. The van der Waals surface area contributed by atoms with Crippen LogP contribution in [0.5, 0.6) is 0 Å². The van der Waals surface area contributed by atoms with Crippen molar-refractivity contribution in [2.24, 2.45) is 7.05 Å². The second kappa shape index (κ2) is 5.57. The molecule has 22 heavy (non-hydrogen) atoms. The molecule has 7 nitrogen and oxygen atoms in total. The zero-order valence-corrected chi connectivity index (χ0v) is 13.3. The van der Waals surface area contributed by atoms with Crippen LogP contribution in [0, 0.1) is 13.8 Å². The van der Waals surface area contributed by atoms with E-state index in [4.69, 9.17) is 4.42 Å². The van der Waals surface area contributed by atoms with Gasteiger partial charge in [0.25, 0.3) is 0 Å². The lowest BCUT2D eigenvalue weighted by atomic mass is 10.0. The molecule has 0 saturated carbocycles. The fraction of sp³-hybridized carbons (Fsp3) is 0.533. The van der Waals surface area contributed by atoms with Crippen LogP contribution < -0.4 is 5.32 Å². The number of carbonyl (C=O) groups excluding carboxylic acids is 1. The number of aromatic nitrogens is 3. The van der Waals surface area contributed by atoms with Gasteiger partial charge < -0.3 is 14.6 Å². The normalized spacial score (nSPS) is 21.8. The number of hydrogen-bond donors (Lipinski definition) is 1. The van der Waals surface area contributed by atoms with Crippen LogP contribution in [0.25, 0.3) is 0 Å². The SMILES string of the molecule is Cc1cnc(CN[C@@H]2CC(=O)N(C)[C@H]2c2cnn(C)c2C)o1. The number of oxazole rings is 1. The first-order valence-corrected chi connectivity index (χ1v) is 7.36. The van der Waals surface area contributed by atoms with Crippen LogP contribution in [0.1, 0.15) is 35.4 Å². The van der Waals surface area contributed by atoms with Crippen molar-refractivity contribution in [3.8, 4) is 0 Å². The molecule has 0 aromatic carbocycles. The summed E-state index contributed by atoms with van der Waals surface area (Å²) in [4.78, 5) is 18.1. The highest BCUT2D eigenvalue weighted by atomic mass is 16.4. The quantitative estimate of drug-likeness (QED) is 0.915. The van der Waals surface area contributed by atoms with Crippen molar-refractivity contribution in [3.63, 3.8) is 0 Å². The first-order valence-electron chi connectivity index (χ1n) is 7.36. The van der Waals surface area contributed by atoms with Crippen LogP contribution in [0.15, 0.2) is 16.8 Å². The molecule has 0 aliphatic carbocycles. The number of amides is 1. The summed E-state index contributed by atoms with van der Waals surface area (Å²) >= 11 is 0. The van der Waals surface area contributed by atoms with Gasteiger partial charge in [-0.25, -0.2) is 4.98 Å². The van der Waals surface area contributed by atoms with Gasteiger partial charge in [0, 0.05) is 37.8 Å². The first kappa shape index (κ1) is 14.8. The number of likely N-dealkylation sites (N-methyl/N-ethyl adjacent to an activating group) is 1. The molecule has 0 unspecified atom stereocenters. The monoisotopic (exact) mass is 303 g/mol. The lowest BCUT2D eigenvalue weighted by Crippen LogP contribution is -2.35. The molecule has 2 atom stereocenters. The van der Waals surface area contributed by atoms with Crippen molar-refractivity contribution in [3.05, 3.63) is 35.3 Å². The topological polar surface area (TPSA) is 76.2 Å². The highest BCUT2D eigenvalue weighted by molar-refractivity contribution is 5.80.